The van der Waals surface area contributed by atoms with Crippen LogP contribution in [0.3, 0.4) is 0 Å². The zero-order chi connectivity index (χ0) is 20.5. The van der Waals surface area contributed by atoms with E-state index in [2.05, 4.69) is 12.2 Å². The standard InChI is InChI=1S/C22H33N3O3/c1-4-5-6-7-8-11-15-25-18-13-10-9-12-17(18)20(26)19(22(25)28)21(27)23-14-16-24(2)3/h9-10,12-13,26H,4-8,11,14-16H2,1-3H3,(H,23,27). The Morgan fingerprint density at radius 2 is 1.79 bits per heavy atom. The van der Waals surface area contributed by atoms with E-state index < -0.39 is 11.5 Å². The van der Waals surface area contributed by atoms with Gasteiger partial charge in [-0.15, -0.1) is 0 Å². The predicted octanol–water partition coefficient (Wildman–Crippen LogP) is 3.36. The monoisotopic (exact) mass is 387 g/mol. The fourth-order valence-electron chi connectivity index (χ4n) is 3.35. The van der Waals surface area contributed by atoms with Gasteiger partial charge in [-0.1, -0.05) is 51.2 Å². The van der Waals surface area contributed by atoms with Gasteiger partial charge in [0.05, 0.1) is 5.52 Å². The molecule has 2 N–H and O–H groups in total. The van der Waals surface area contributed by atoms with Crippen molar-refractivity contribution in [3.63, 3.8) is 0 Å². The van der Waals surface area contributed by atoms with E-state index in [1.807, 2.05) is 31.1 Å². The SMILES string of the molecule is CCCCCCCCn1c(=O)c(C(=O)NCCN(C)C)c(O)c2ccccc21. The number of rotatable bonds is 11. The van der Waals surface area contributed by atoms with Crippen molar-refractivity contribution in [2.75, 3.05) is 27.2 Å². The number of hydrogen-bond acceptors (Lipinski definition) is 4. The maximum atomic E-state index is 13.0. The number of likely N-dealkylation sites (N-methyl/N-ethyl adjacent to an activating group) is 1. The molecule has 0 aliphatic carbocycles. The van der Waals surface area contributed by atoms with E-state index in [1.165, 1.54) is 19.3 Å². The Hall–Kier alpha value is -2.34. The van der Waals surface area contributed by atoms with Crippen molar-refractivity contribution in [3.8, 4) is 5.75 Å². The zero-order valence-corrected chi connectivity index (χ0v) is 17.3. The summed E-state index contributed by atoms with van der Waals surface area (Å²) in [4.78, 5) is 27.6. The average molecular weight is 388 g/mol. The molecule has 0 bridgehead atoms. The van der Waals surface area contributed by atoms with E-state index in [1.54, 1.807) is 16.7 Å². The third kappa shape index (κ3) is 5.58. The second-order valence-corrected chi connectivity index (χ2v) is 7.52. The van der Waals surface area contributed by atoms with Crippen molar-refractivity contribution in [2.24, 2.45) is 0 Å². The molecule has 0 radical (unpaired) electrons. The second-order valence-electron chi connectivity index (χ2n) is 7.52. The van der Waals surface area contributed by atoms with E-state index in [4.69, 9.17) is 0 Å². The third-order valence-corrected chi connectivity index (χ3v) is 4.95. The number of aryl methyl sites for hydroxylation is 1. The normalized spacial score (nSPS) is 11.3. The lowest BCUT2D eigenvalue weighted by Gasteiger charge is -2.15. The summed E-state index contributed by atoms with van der Waals surface area (Å²) in [5.74, 6) is -0.756. The molecule has 6 heteroatoms. The van der Waals surface area contributed by atoms with Crippen LogP contribution >= 0.6 is 0 Å². The summed E-state index contributed by atoms with van der Waals surface area (Å²) in [7, 11) is 3.82. The summed E-state index contributed by atoms with van der Waals surface area (Å²) < 4.78 is 1.63. The highest BCUT2D eigenvalue weighted by Gasteiger charge is 2.21. The lowest BCUT2D eigenvalue weighted by atomic mass is 10.1. The number of nitrogens with zero attached hydrogens (tertiary/aromatic N) is 2. The van der Waals surface area contributed by atoms with Gasteiger partial charge in [0.25, 0.3) is 11.5 Å². The number of nitrogens with one attached hydrogen (secondary N) is 1. The molecule has 0 atom stereocenters. The summed E-state index contributed by atoms with van der Waals surface area (Å²) in [6, 6.07) is 7.21. The van der Waals surface area contributed by atoms with Crippen LogP contribution in [0.25, 0.3) is 10.9 Å². The van der Waals surface area contributed by atoms with Gasteiger partial charge in [-0.05, 0) is 32.6 Å². The van der Waals surface area contributed by atoms with Crippen LogP contribution in [0.1, 0.15) is 55.8 Å². The minimum Gasteiger partial charge on any atom is -0.506 e. The summed E-state index contributed by atoms with van der Waals surface area (Å²) in [6.45, 7) is 3.80. The molecule has 2 rings (SSSR count). The molecule has 154 valence electrons. The van der Waals surface area contributed by atoms with Gasteiger partial charge in [0.15, 0.2) is 0 Å². The number of fused-ring (bicyclic) bond motifs is 1. The third-order valence-electron chi connectivity index (χ3n) is 4.95. The van der Waals surface area contributed by atoms with Gasteiger partial charge in [0.2, 0.25) is 0 Å². The van der Waals surface area contributed by atoms with Gasteiger partial charge in [-0.25, -0.2) is 0 Å². The van der Waals surface area contributed by atoms with Crippen LogP contribution < -0.4 is 10.9 Å². The van der Waals surface area contributed by atoms with Crippen LogP contribution in [0, 0.1) is 0 Å². The van der Waals surface area contributed by atoms with Crippen LogP contribution in [-0.2, 0) is 6.54 Å². The van der Waals surface area contributed by atoms with Gasteiger partial charge < -0.3 is 19.9 Å². The highest BCUT2D eigenvalue weighted by atomic mass is 16.3. The molecule has 2 aromatic rings. The summed E-state index contributed by atoms with van der Waals surface area (Å²) in [5, 5.41) is 13.9. The lowest BCUT2D eigenvalue weighted by molar-refractivity contribution is 0.0946. The van der Waals surface area contributed by atoms with Crippen molar-refractivity contribution in [1.29, 1.82) is 0 Å². The number of amides is 1. The Morgan fingerprint density at radius 3 is 2.50 bits per heavy atom. The van der Waals surface area contributed by atoms with Crippen molar-refractivity contribution in [1.82, 2.24) is 14.8 Å². The number of hydrogen-bond donors (Lipinski definition) is 2. The number of para-hydroxylation sites is 1. The highest BCUT2D eigenvalue weighted by Crippen LogP contribution is 2.26. The predicted molar refractivity (Wildman–Crippen MR) is 114 cm³/mol. The van der Waals surface area contributed by atoms with Crippen molar-refractivity contribution < 1.29 is 9.90 Å². The minimum atomic E-state index is -0.521. The van der Waals surface area contributed by atoms with Gasteiger partial charge >= 0.3 is 0 Å². The molecule has 1 aromatic carbocycles. The molecule has 28 heavy (non-hydrogen) atoms. The molecule has 1 aromatic heterocycles. The van der Waals surface area contributed by atoms with Crippen molar-refractivity contribution >= 4 is 16.8 Å². The average Bonchev–Trinajstić information content (AvgIpc) is 2.66. The summed E-state index contributed by atoms with van der Waals surface area (Å²) in [5.41, 5.74) is 0.0824. The number of unbranched alkanes of at least 4 members (excludes halogenated alkanes) is 5. The number of carbonyl (C=O) groups is 1. The molecule has 0 aliphatic rings. The maximum absolute atomic E-state index is 13.0. The molecular formula is C22H33N3O3. The van der Waals surface area contributed by atoms with Crippen molar-refractivity contribution in [3.05, 3.63) is 40.2 Å². The van der Waals surface area contributed by atoms with E-state index in [-0.39, 0.29) is 11.3 Å². The number of pyridine rings is 1. The molecule has 0 spiro atoms. The molecular weight excluding hydrogens is 354 g/mol. The molecule has 1 amide bonds. The molecule has 0 saturated carbocycles. The van der Waals surface area contributed by atoms with Crippen molar-refractivity contribution in [2.45, 2.75) is 52.0 Å². The first-order valence-corrected chi connectivity index (χ1v) is 10.2. The fourth-order valence-corrected chi connectivity index (χ4v) is 3.35. The van der Waals surface area contributed by atoms with Gasteiger partial charge in [-0.3, -0.25) is 9.59 Å². The summed E-state index contributed by atoms with van der Waals surface area (Å²) >= 11 is 0. The Morgan fingerprint density at radius 1 is 1.11 bits per heavy atom. The Balaban J connectivity index is 2.27. The van der Waals surface area contributed by atoms with Crippen LogP contribution in [-0.4, -0.2) is 47.7 Å². The lowest BCUT2D eigenvalue weighted by Crippen LogP contribution is -2.36. The number of carbonyl (C=O) groups excluding carboxylic acids is 1. The van der Waals surface area contributed by atoms with Crippen LogP contribution in [0.4, 0.5) is 0 Å². The number of aromatic nitrogens is 1. The molecule has 0 fully saturated rings. The Kier molecular flexibility index (Phi) is 8.51. The first-order chi connectivity index (χ1) is 13.5. The zero-order valence-electron chi connectivity index (χ0n) is 17.3. The largest absolute Gasteiger partial charge is 0.506 e. The van der Waals surface area contributed by atoms with E-state index >= 15 is 0 Å². The molecule has 6 nitrogen and oxygen atoms in total. The van der Waals surface area contributed by atoms with Crippen LogP contribution in [0.15, 0.2) is 29.1 Å². The van der Waals surface area contributed by atoms with Crippen LogP contribution in [0.2, 0.25) is 0 Å². The van der Waals surface area contributed by atoms with Gasteiger partial charge in [0.1, 0.15) is 11.3 Å². The molecule has 0 unspecified atom stereocenters. The van der Waals surface area contributed by atoms with Gasteiger partial charge in [-0.2, -0.15) is 0 Å². The fraction of sp³-hybridized carbons (Fsp3) is 0.545. The first-order valence-electron chi connectivity index (χ1n) is 10.2. The smallest absolute Gasteiger partial charge is 0.267 e. The highest BCUT2D eigenvalue weighted by molar-refractivity contribution is 6.02. The van der Waals surface area contributed by atoms with E-state index in [9.17, 15) is 14.7 Å². The first kappa shape index (κ1) is 22.0. The van der Waals surface area contributed by atoms with Gasteiger partial charge in [0, 0.05) is 25.0 Å². The van der Waals surface area contributed by atoms with E-state index in [0.29, 0.717) is 30.5 Å². The minimum absolute atomic E-state index is 0.163. The topological polar surface area (TPSA) is 74.6 Å². The maximum Gasteiger partial charge on any atom is 0.267 e. The Labute approximate surface area is 167 Å². The van der Waals surface area contributed by atoms with Crippen LogP contribution in [0.5, 0.6) is 5.75 Å². The molecule has 0 aliphatic heterocycles. The molecule has 1 heterocycles. The molecule has 0 saturated heterocycles. The van der Waals surface area contributed by atoms with E-state index in [0.717, 1.165) is 19.3 Å². The number of benzene rings is 1. The second kappa shape index (κ2) is 10.9. The summed E-state index contributed by atoms with van der Waals surface area (Å²) in [6.07, 6.45) is 6.72. The number of aromatic hydroxyl groups is 1. The Bertz CT molecular complexity index is 843. The quantitative estimate of drug-likeness (QED) is 0.580.